The van der Waals surface area contributed by atoms with E-state index in [-0.39, 0.29) is 0 Å². The standard InChI is InChI=1S/C15H22/c1-11-14-8-4-2-6-12(14)10-13-7-3-5-9-15(11)13/h11H,2-10H2,1H3. The molecular formula is C15H22. The van der Waals surface area contributed by atoms with Crippen molar-refractivity contribution in [1.82, 2.24) is 0 Å². The summed E-state index contributed by atoms with van der Waals surface area (Å²) < 4.78 is 0. The highest BCUT2D eigenvalue weighted by atomic mass is 14.3. The summed E-state index contributed by atoms with van der Waals surface area (Å²) in [6.45, 7) is 2.47. The van der Waals surface area contributed by atoms with Crippen LogP contribution in [0.1, 0.15) is 64.7 Å². The number of hydrogen-bond acceptors (Lipinski definition) is 0. The minimum Gasteiger partial charge on any atom is -0.0664 e. The van der Waals surface area contributed by atoms with Gasteiger partial charge in [0, 0.05) is 0 Å². The molecule has 0 heteroatoms. The Bertz CT molecular complexity index is 298. The predicted octanol–water partition coefficient (Wildman–Crippen LogP) is 4.77. The largest absolute Gasteiger partial charge is 0.0664 e. The van der Waals surface area contributed by atoms with Gasteiger partial charge in [-0.3, -0.25) is 0 Å². The van der Waals surface area contributed by atoms with Gasteiger partial charge in [-0.1, -0.05) is 29.2 Å². The van der Waals surface area contributed by atoms with Crippen molar-refractivity contribution in [3.8, 4) is 0 Å². The highest BCUT2D eigenvalue weighted by Crippen LogP contribution is 2.46. The monoisotopic (exact) mass is 202 g/mol. The van der Waals surface area contributed by atoms with Crippen LogP contribution in [0.25, 0.3) is 0 Å². The molecule has 0 fully saturated rings. The summed E-state index contributed by atoms with van der Waals surface area (Å²) in [5.74, 6) is 0.823. The quantitative estimate of drug-likeness (QED) is 0.496. The Morgan fingerprint density at radius 2 is 1.20 bits per heavy atom. The summed E-state index contributed by atoms with van der Waals surface area (Å²) in [5, 5.41) is 0. The van der Waals surface area contributed by atoms with E-state index in [1.807, 2.05) is 22.3 Å². The predicted molar refractivity (Wildman–Crippen MR) is 64.8 cm³/mol. The molecule has 3 aliphatic carbocycles. The molecule has 0 saturated heterocycles. The molecule has 0 aromatic carbocycles. The molecular weight excluding hydrogens is 180 g/mol. The first-order valence-corrected chi connectivity index (χ1v) is 6.78. The molecule has 0 nitrogen and oxygen atoms in total. The maximum atomic E-state index is 2.47. The molecule has 0 aromatic rings. The van der Waals surface area contributed by atoms with E-state index in [0.717, 1.165) is 5.92 Å². The molecule has 0 aromatic heterocycles. The molecule has 0 radical (unpaired) electrons. The molecule has 82 valence electrons. The van der Waals surface area contributed by atoms with Crippen molar-refractivity contribution in [2.24, 2.45) is 5.92 Å². The van der Waals surface area contributed by atoms with Gasteiger partial charge in [0.15, 0.2) is 0 Å². The van der Waals surface area contributed by atoms with Crippen LogP contribution in [0.3, 0.4) is 0 Å². The average Bonchev–Trinajstić information content (AvgIpc) is 2.30. The van der Waals surface area contributed by atoms with Gasteiger partial charge in [0.2, 0.25) is 0 Å². The van der Waals surface area contributed by atoms with Crippen LogP contribution in [-0.2, 0) is 0 Å². The van der Waals surface area contributed by atoms with E-state index >= 15 is 0 Å². The van der Waals surface area contributed by atoms with Crippen LogP contribution in [0.15, 0.2) is 22.3 Å². The van der Waals surface area contributed by atoms with Gasteiger partial charge in [-0.15, -0.1) is 0 Å². The maximum absolute atomic E-state index is 2.47. The van der Waals surface area contributed by atoms with Gasteiger partial charge in [-0.25, -0.2) is 0 Å². The number of rotatable bonds is 0. The minimum atomic E-state index is 0.823. The lowest BCUT2D eigenvalue weighted by atomic mass is 9.70. The zero-order valence-electron chi connectivity index (χ0n) is 9.94. The lowest BCUT2D eigenvalue weighted by Crippen LogP contribution is -2.19. The van der Waals surface area contributed by atoms with Gasteiger partial charge in [0.05, 0.1) is 0 Å². The first kappa shape index (κ1) is 9.69. The van der Waals surface area contributed by atoms with Crippen LogP contribution in [0, 0.1) is 5.92 Å². The van der Waals surface area contributed by atoms with Crippen molar-refractivity contribution in [2.45, 2.75) is 64.7 Å². The van der Waals surface area contributed by atoms with Crippen molar-refractivity contribution in [1.29, 1.82) is 0 Å². The van der Waals surface area contributed by atoms with Crippen LogP contribution in [0.5, 0.6) is 0 Å². The minimum absolute atomic E-state index is 0.823. The molecule has 0 unspecified atom stereocenters. The first-order valence-electron chi connectivity index (χ1n) is 6.78. The Labute approximate surface area is 93.5 Å². The van der Waals surface area contributed by atoms with Crippen LogP contribution >= 0.6 is 0 Å². The summed E-state index contributed by atoms with van der Waals surface area (Å²) in [4.78, 5) is 0. The van der Waals surface area contributed by atoms with Crippen molar-refractivity contribution in [2.75, 3.05) is 0 Å². The second-order valence-electron chi connectivity index (χ2n) is 5.57. The molecule has 0 amide bonds. The van der Waals surface area contributed by atoms with E-state index in [1.165, 1.54) is 57.8 Å². The van der Waals surface area contributed by atoms with Gasteiger partial charge in [-0.2, -0.15) is 0 Å². The van der Waals surface area contributed by atoms with Crippen molar-refractivity contribution in [3.05, 3.63) is 22.3 Å². The summed E-state index contributed by atoms with van der Waals surface area (Å²) in [6.07, 6.45) is 12.8. The summed E-state index contributed by atoms with van der Waals surface area (Å²) in [5.41, 5.74) is 7.38. The van der Waals surface area contributed by atoms with Gasteiger partial charge in [0.1, 0.15) is 0 Å². The fourth-order valence-corrected chi connectivity index (χ4v) is 3.90. The normalized spacial score (nSPS) is 27.8. The zero-order chi connectivity index (χ0) is 10.3. The van der Waals surface area contributed by atoms with Crippen molar-refractivity contribution >= 4 is 0 Å². The van der Waals surface area contributed by atoms with Gasteiger partial charge < -0.3 is 0 Å². The smallest absolute Gasteiger partial charge is 0.00159 e. The van der Waals surface area contributed by atoms with Crippen molar-refractivity contribution in [3.63, 3.8) is 0 Å². The third-order valence-electron chi connectivity index (χ3n) is 4.73. The van der Waals surface area contributed by atoms with Crippen molar-refractivity contribution < 1.29 is 0 Å². The van der Waals surface area contributed by atoms with Gasteiger partial charge >= 0.3 is 0 Å². The van der Waals surface area contributed by atoms with E-state index in [9.17, 15) is 0 Å². The molecule has 0 heterocycles. The Balaban J connectivity index is 1.93. The highest BCUT2D eigenvalue weighted by molar-refractivity contribution is 5.39. The SMILES string of the molecule is CC1C2=C(CCCC2)CC2=C1CCCC2. The Morgan fingerprint density at radius 1 is 0.733 bits per heavy atom. The number of allylic oxidation sites excluding steroid dienone is 4. The zero-order valence-corrected chi connectivity index (χ0v) is 9.94. The Hall–Kier alpha value is -0.520. The van der Waals surface area contributed by atoms with E-state index in [0.29, 0.717) is 0 Å². The molecule has 15 heavy (non-hydrogen) atoms. The van der Waals surface area contributed by atoms with E-state index in [2.05, 4.69) is 6.92 Å². The second kappa shape index (κ2) is 3.81. The van der Waals surface area contributed by atoms with Crippen LogP contribution in [0.4, 0.5) is 0 Å². The Morgan fingerprint density at radius 3 is 1.73 bits per heavy atom. The lowest BCUT2D eigenvalue weighted by molar-refractivity contribution is 0.525. The van der Waals surface area contributed by atoms with Crippen LogP contribution < -0.4 is 0 Å². The van der Waals surface area contributed by atoms with Gasteiger partial charge in [-0.05, 0) is 63.7 Å². The fourth-order valence-electron chi connectivity index (χ4n) is 3.90. The summed E-state index contributed by atoms with van der Waals surface area (Å²) in [7, 11) is 0. The second-order valence-corrected chi connectivity index (χ2v) is 5.57. The molecule has 3 rings (SSSR count). The third kappa shape index (κ3) is 1.58. The molecule has 3 aliphatic rings. The van der Waals surface area contributed by atoms with Gasteiger partial charge in [0.25, 0.3) is 0 Å². The van der Waals surface area contributed by atoms with Crippen LogP contribution in [-0.4, -0.2) is 0 Å². The lowest BCUT2D eigenvalue weighted by Gasteiger charge is -2.36. The average molecular weight is 202 g/mol. The summed E-state index contributed by atoms with van der Waals surface area (Å²) in [6, 6.07) is 0. The summed E-state index contributed by atoms with van der Waals surface area (Å²) >= 11 is 0. The number of hydrogen-bond donors (Lipinski definition) is 0. The molecule has 0 spiro atoms. The van der Waals surface area contributed by atoms with E-state index in [1.54, 1.807) is 0 Å². The van der Waals surface area contributed by atoms with E-state index in [4.69, 9.17) is 0 Å². The molecule has 0 N–H and O–H groups in total. The molecule has 0 bridgehead atoms. The fraction of sp³-hybridized carbons (Fsp3) is 0.733. The molecule has 0 atom stereocenters. The van der Waals surface area contributed by atoms with E-state index < -0.39 is 0 Å². The molecule has 0 aliphatic heterocycles. The third-order valence-corrected chi connectivity index (χ3v) is 4.73. The Kier molecular flexibility index (Phi) is 2.46. The highest BCUT2D eigenvalue weighted by Gasteiger charge is 2.28. The topological polar surface area (TPSA) is 0 Å². The first-order chi connectivity index (χ1) is 7.36. The molecule has 0 saturated carbocycles. The maximum Gasteiger partial charge on any atom is -0.00159 e. The van der Waals surface area contributed by atoms with Crippen LogP contribution in [0.2, 0.25) is 0 Å².